The average Bonchev–Trinajstić information content (AvgIpc) is 2.30. The van der Waals surface area contributed by atoms with Crippen molar-refractivity contribution < 1.29 is 0 Å². The standard InChI is InChI=1S/C13H32N2Si/c1-8-13(6)16(7,14(9-2)10-3)15(11-4)12-5/h13H,8-12H2,1-7H3. The first-order chi connectivity index (χ1) is 7.52. The summed E-state index contributed by atoms with van der Waals surface area (Å²) in [5, 5.41) is 0. The Labute approximate surface area is 104 Å². The van der Waals surface area contributed by atoms with E-state index in [2.05, 4.69) is 57.2 Å². The van der Waals surface area contributed by atoms with E-state index in [1.807, 2.05) is 0 Å². The molecular weight excluding hydrogens is 212 g/mol. The van der Waals surface area contributed by atoms with Crippen molar-refractivity contribution in [1.82, 2.24) is 9.13 Å². The van der Waals surface area contributed by atoms with Gasteiger partial charge >= 0.3 is 0 Å². The predicted molar refractivity (Wildman–Crippen MR) is 77.2 cm³/mol. The van der Waals surface area contributed by atoms with Crippen molar-refractivity contribution in [3.05, 3.63) is 0 Å². The Kier molecular flexibility index (Phi) is 7.52. The van der Waals surface area contributed by atoms with E-state index >= 15 is 0 Å². The Hall–Kier alpha value is 0.137. The first-order valence-corrected chi connectivity index (χ1v) is 9.49. The molecule has 1 unspecified atom stereocenters. The van der Waals surface area contributed by atoms with E-state index in [4.69, 9.17) is 0 Å². The summed E-state index contributed by atoms with van der Waals surface area (Å²) in [6.45, 7) is 21.3. The second kappa shape index (κ2) is 7.46. The summed E-state index contributed by atoms with van der Waals surface area (Å²) in [6.07, 6.45) is 1.30. The van der Waals surface area contributed by atoms with Gasteiger partial charge in [-0.2, -0.15) is 0 Å². The zero-order chi connectivity index (χ0) is 12.8. The van der Waals surface area contributed by atoms with Crippen LogP contribution in [0.25, 0.3) is 0 Å². The molecule has 0 radical (unpaired) electrons. The Morgan fingerprint density at radius 2 is 1.12 bits per heavy atom. The molecule has 0 saturated carbocycles. The molecule has 0 N–H and O–H groups in total. The minimum Gasteiger partial charge on any atom is -0.312 e. The minimum atomic E-state index is -1.45. The second-order valence-electron chi connectivity index (χ2n) is 4.75. The lowest BCUT2D eigenvalue weighted by atomic mass is 10.4. The molecule has 0 aliphatic carbocycles. The summed E-state index contributed by atoms with van der Waals surface area (Å²) in [7, 11) is -1.45. The number of rotatable bonds is 8. The summed E-state index contributed by atoms with van der Waals surface area (Å²) in [6, 6.07) is 0. The zero-order valence-electron chi connectivity index (χ0n) is 12.5. The molecule has 2 nitrogen and oxygen atoms in total. The topological polar surface area (TPSA) is 6.48 Å². The molecule has 16 heavy (non-hydrogen) atoms. The summed E-state index contributed by atoms with van der Waals surface area (Å²) < 4.78 is 5.49. The lowest BCUT2D eigenvalue weighted by molar-refractivity contribution is 0.341. The molecule has 0 heterocycles. The molecule has 0 amide bonds. The zero-order valence-corrected chi connectivity index (χ0v) is 13.5. The lowest BCUT2D eigenvalue weighted by Crippen LogP contribution is -2.65. The second-order valence-corrected chi connectivity index (χ2v) is 9.19. The molecule has 3 heteroatoms. The fourth-order valence-electron chi connectivity index (χ4n) is 2.94. The third-order valence-corrected chi connectivity index (χ3v) is 10.5. The molecule has 0 aromatic heterocycles. The third-order valence-electron chi connectivity index (χ3n) is 4.35. The van der Waals surface area contributed by atoms with Gasteiger partial charge in [-0.3, -0.25) is 0 Å². The fraction of sp³-hybridized carbons (Fsp3) is 1.00. The van der Waals surface area contributed by atoms with Gasteiger partial charge in [-0.05, 0) is 38.3 Å². The van der Waals surface area contributed by atoms with Crippen molar-refractivity contribution in [1.29, 1.82) is 0 Å². The summed E-state index contributed by atoms with van der Waals surface area (Å²) in [5.74, 6) is 0. The molecule has 0 rings (SSSR count). The van der Waals surface area contributed by atoms with Crippen LogP contribution in [-0.2, 0) is 0 Å². The molecule has 0 saturated heterocycles. The van der Waals surface area contributed by atoms with Crippen molar-refractivity contribution in [2.75, 3.05) is 26.2 Å². The monoisotopic (exact) mass is 244 g/mol. The van der Waals surface area contributed by atoms with Crippen LogP contribution in [0.4, 0.5) is 0 Å². The normalized spacial score (nSPS) is 14.8. The minimum absolute atomic E-state index is 0.840. The number of hydrogen-bond donors (Lipinski definition) is 0. The summed E-state index contributed by atoms with van der Waals surface area (Å²) >= 11 is 0. The van der Waals surface area contributed by atoms with Gasteiger partial charge in [0.1, 0.15) is 0 Å². The van der Waals surface area contributed by atoms with E-state index in [-0.39, 0.29) is 0 Å². The number of hydrogen-bond acceptors (Lipinski definition) is 2. The van der Waals surface area contributed by atoms with Crippen LogP contribution in [0.3, 0.4) is 0 Å². The third kappa shape index (κ3) is 3.08. The highest BCUT2D eigenvalue weighted by Crippen LogP contribution is 2.31. The van der Waals surface area contributed by atoms with E-state index < -0.39 is 8.40 Å². The molecule has 1 atom stereocenters. The Balaban J connectivity index is 5.13. The first kappa shape index (κ1) is 16.1. The Morgan fingerprint density at radius 3 is 1.31 bits per heavy atom. The van der Waals surface area contributed by atoms with Gasteiger partial charge in [-0.15, -0.1) is 0 Å². The van der Waals surface area contributed by atoms with Crippen LogP contribution >= 0.6 is 0 Å². The van der Waals surface area contributed by atoms with E-state index in [0.29, 0.717) is 0 Å². The van der Waals surface area contributed by atoms with Crippen LogP contribution in [0.15, 0.2) is 0 Å². The highest BCUT2D eigenvalue weighted by molar-refractivity contribution is 6.74. The van der Waals surface area contributed by atoms with Crippen LogP contribution < -0.4 is 0 Å². The van der Waals surface area contributed by atoms with Crippen molar-refractivity contribution in [3.63, 3.8) is 0 Å². The van der Waals surface area contributed by atoms with E-state index in [9.17, 15) is 0 Å². The van der Waals surface area contributed by atoms with Gasteiger partial charge in [0.05, 0.1) is 0 Å². The molecule has 0 bridgehead atoms. The van der Waals surface area contributed by atoms with Gasteiger partial charge in [0.2, 0.25) is 8.40 Å². The van der Waals surface area contributed by atoms with Gasteiger partial charge in [0.25, 0.3) is 0 Å². The van der Waals surface area contributed by atoms with Crippen LogP contribution in [0, 0.1) is 0 Å². The predicted octanol–water partition coefficient (Wildman–Crippen LogP) is 3.54. The SMILES string of the molecule is CCC(C)[Si](C)(N(CC)CC)N(CC)CC. The molecule has 98 valence electrons. The highest BCUT2D eigenvalue weighted by Gasteiger charge is 2.42. The maximum atomic E-state index is 2.74. The molecular formula is C13H32N2Si. The maximum Gasteiger partial charge on any atom is 0.206 e. The maximum absolute atomic E-state index is 2.74. The quantitative estimate of drug-likeness (QED) is 0.603. The van der Waals surface area contributed by atoms with Crippen LogP contribution in [0.1, 0.15) is 48.0 Å². The van der Waals surface area contributed by atoms with Crippen LogP contribution in [-0.4, -0.2) is 43.7 Å². The van der Waals surface area contributed by atoms with Crippen molar-refractivity contribution in [2.24, 2.45) is 0 Å². The molecule has 0 fully saturated rings. The van der Waals surface area contributed by atoms with Gasteiger partial charge in [0, 0.05) is 0 Å². The van der Waals surface area contributed by atoms with E-state index in [1.54, 1.807) is 0 Å². The average molecular weight is 244 g/mol. The van der Waals surface area contributed by atoms with Crippen molar-refractivity contribution >= 4 is 8.40 Å². The smallest absolute Gasteiger partial charge is 0.206 e. The Morgan fingerprint density at radius 1 is 0.812 bits per heavy atom. The van der Waals surface area contributed by atoms with Gasteiger partial charge < -0.3 is 9.13 Å². The van der Waals surface area contributed by atoms with Crippen LogP contribution in [0.5, 0.6) is 0 Å². The first-order valence-electron chi connectivity index (χ1n) is 7.02. The molecule has 0 aromatic carbocycles. The summed E-state index contributed by atoms with van der Waals surface area (Å²) in [5.41, 5.74) is 0.840. The molecule has 0 aliphatic rings. The molecule has 0 aromatic rings. The van der Waals surface area contributed by atoms with Crippen molar-refractivity contribution in [3.8, 4) is 0 Å². The fourth-order valence-corrected chi connectivity index (χ4v) is 7.92. The van der Waals surface area contributed by atoms with Crippen LogP contribution in [0.2, 0.25) is 12.1 Å². The van der Waals surface area contributed by atoms with Gasteiger partial charge in [-0.1, -0.05) is 48.0 Å². The Bertz CT molecular complexity index is 165. The van der Waals surface area contributed by atoms with Gasteiger partial charge in [-0.25, -0.2) is 0 Å². The van der Waals surface area contributed by atoms with Crippen molar-refractivity contribution in [2.45, 2.75) is 60.1 Å². The molecule has 0 spiro atoms. The highest BCUT2D eigenvalue weighted by atomic mass is 28.3. The van der Waals surface area contributed by atoms with Gasteiger partial charge in [0.15, 0.2) is 0 Å². The lowest BCUT2D eigenvalue weighted by Gasteiger charge is -2.49. The summed E-state index contributed by atoms with van der Waals surface area (Å²) in [4.78, 5) is 0. The largest absolute Gasteiger partial charge is 0.312 e. The number of nitrogens with zero attached hydrogens (tertiary/aromatic N) is 2. The van der Waals surface area contributed by atoms with E-state index in [0.717, 1.165) is 5.54 Å². The molecule has 0 aliphatic heterocycles. The van der Waals surface area contributed by atoms with E-state index in [1.165, 1.54) is 32.6 Å².